The van der Waals surface area contributed by atoms with Crippen LogP contribution >= 0.6 is 0 Å². The van der Waals surface area contributed by atoms with Crippen molar-refractivity contribution >= 4 is 11.0 Å². The van der Waals surface area contributed by atoms with E-state index in [1.165, 1.54) is 5.56 Å². The minimum Gasteiger partial charge on any atom is -0.493 e. The lowest BCUT2D eigenvalue weighted by Crippen LogP contribution is -2.30. The van der Waals surface area contributed by atoms with Crippen LogP contribution in [0.2, 0.25) is 0 Å². The highest BCUT2D eigenvalue weighted by Crippen LogP contribution is 2.35. The Kier molecular flexibility index (Phi) is 5.59. The fourth-order valence-corrected chi connectivity index (χ4v) is 5.02. The summed E-state index contributed by atoms with van der Waals surface area (Å²) in [6, 6.07) is 15.5. The third-order valence-electron chi connectivity index (χ3n) is 6.79. The van der Waals surface area contributed by atoms with E-state index in [0.29, 0.717) is 23.5 Å². The summed E-state index contributed by atoms with van der Waals surface area (Å²) in [5, 5.41) is 24.0. The minimum absolute atomic E-state index is 0.0603. The molecule has 182 valence electrons. The second-order valence-electron chi connectivity index (χ2n) is 9.06. The molecule has 36 heavy (non-hydrogen) atoms. The van der Waals surface area contributed by atoms with Crippen molar-refractivity contribution in [1.29, 1.82) is 0 Å². The van der Waals surface area contributed by atoms with Crippen LogP contribution in [0.1, 0.15) is 60.8 Å². The van der Waals surface area contributed by atoms with Gasteiger partial charge >= 0.3 is 0 Å². The average molecular weight is 484 g/mol. The first-order valence-corrected chi connectivity index (χ1v) is 12.2. The van der Waals surface area contributed by atoms with Crippen molar-refractivity contribution in [3.63, 3.8) is 0 Å². The maximum absolute atomic E-state index is 13.9. The highest BCUT2D eigenvalue weighted by molar-refractivity contribution is 5.79. The zero-order valence-electron chi connectivity index (χ0n) is 19.8. The Bertz CT molecular complexity index is 1620. The molecule has 0 bridgehead atoms. The summed E-state index contributed by atoms with van der Waals surface area (Å²) >= 11 is 0. The van der Waals surface area contributed by atoms with Crippen LogP contribution in [-0.4, -0.2) is 30.0 Å². The molecular formula is C27H25N5O4. The zero-order chi connectivity index (χ0) is 24.6. The minimum atomic E-state index is -0.393. The summed E-state index contributed by atoms with van der Waals surface area (Å²) in [6.07, 6.45) is 4.30. The van der Waals surface area contributed by atoms with Crippen molar-refractivity contribution in [1.82, 2.24) is 24.9 Å². The number of nitrogens with zero attached hydrogens (tertiary/aromatic N) is 5. The molecule has 3 heterocycles. The van der Waals surface area contributed by atoms with Crippen LogP contribution in [0.4, 0.5) is 0 Å². The highest BCUT2D eigenvalue weighted by atomic mass is 16.5. The van der Waals surface area contributed by atoms with E-state index in [0.717, 1.165) is 36.6 Å². The molecule has 0 aliphatic heterocycles. The van der Waals surface area contributed by atoms with Gasteiger partial charge in [-0.15, -0.1) is 10.2 Å². The van der Waals surface area contributed by atoms with Gasteiger partial charge in [-0.3, -0.25) is 9.36 Å². The van der Waals surface area contributed by atoms with E-state index in [9.17, 15) is 9.90 Å². The SMILES string of the molecule is CCCCc1nc(O)c(-c2nnc(Cc3noc4ccccc34)o2)c(=O)n1[C@H]1CCc2ccccc21. The summed E-state index contributed by atoms with van der Waals surface area (Å²) in [4.78, 5) is 18.3. The van der Waals surface area contributed by atoms with Crippen molar-refractivity contribution in [3.05, 3.63) is 87.4 Å². The molecule has 6 rings (SSSR count). The van der Waals surface area contributed by atoms with Crippen LogP contribution in [0.15, 0.2) is 62.3 Å². The quantitative estimate of drug-likeness (QED) is 0.356. The lowest BCUT2D eigenvalue weighted by molar-refractivity contribution is 0.425. The largest absolute Gasteiger partial charge is 0.493 e. The Hall–Kier alpha value is -4.27. The monoisotopic (exact) mass is 483 g/mol. The van der Waals surface area contributed by atoms with Gasteiger partial charge in [0.25, 0.3) is 11.4 Å². The number of aromatic hydroxyl groups is 1. The number of unbranched alkanes of at least 4 members (excludes halogenated alkanes) is 1. The summed E-state index contributed by atoms with van der Waals surface area (Å²) in [5.41, 5.74) is 3.19. The second-order valence-corrected chi connectivity index (χ2v) is 9.06. The predicted molar refractivity (Wildman–Crippen MR) is 132 cm³/mol. The summed E-state index contributed by atoms with van der Waals surface area (Å²) < 4.78 is 12.9. The second kappa shape index (κ2) is 9.07. The molecule has 1 N–H and O–H groups in total. The maximum Gasteiger partial charge on any atom is 0.270 e. The van der Waals surface area contributed by atoms with Crippen LogP contribution in [-0.2, 0) is 19.3 Å². The lowest BCUT2D eigenvalue weighted by Gasteiger charge is -2.20. The maximum atomic E-state index is 13.9. The molecule has 0 saturated heterocycles. The van der Waals surface area contributed by atoms with Crippen molar-refractivity contribution in [2.24, 2.45) is 0 Å². The average Bonchev–Trinajstić information content (AvgIpc) is 3.62. The smallest absolute Gasteiger partial charge is 0.270 e. The fraction of sp³-hybridized carbons (Fsp3) is 0.296. The number of aromatic nitrogens is 5. The molecular weight excluding hydrogens is 458 g/mol. The molecule has 5 aromatic rings. The number of hydrogen-bond acceptors (Lipinski definition) is 8. The molecule has 0 saturated carbocycles. The van der Waals surface area contributed by atoms with Gasteiger partial charge in [0.05, 0.1) is 12.5 Å². The Balaban J connectivity index is 1.41. The molecule has 9 nitrogen and oxygen atoms in total. The van der Waals surface area contributed by atoms with E-state index in [2.05, 4.69) is 39.4 Å². The molecule has 1 aliphatic carbocycles. The zero-order valence-corrected chi connectivity index (χ0v) is 19.8. The Labute approximate surface area is 206 Å². The molecule has 0 fully saturated rings. The van der Waals surface area contributed by atoms with Crippen LogP contribution in [0, 0.1) is 0 Å². The summed E-state index contributed by atoms with van der Waals surface area (Å²) in [5.74, 6) is 0.375. The normalized spacial score (nSPS) is 15.0. The van der Waals surface area contributed by atoms with Gasteiger partial charge in [0.1, 0.15) is 11.5 Å². The Morgan fingerprint density at radius 2 is 1.94 bits per heavy atom. The Morgan fingerprint density at radius 1 is 1.11 bits per heavy atom. The van der Waals surface area contributed by atoms with Gasteiger partial charge in [-0.05, 0) is 42.5 Å². The molecule has 1 aliphatic rings. The fourth-order valence-electron chi connectivity index (χ4n) is 5.02. The first-order valence-electron chi connectivity index (χ1n) is 12.2. The Morgan fingerprint density at radius 3 is 2.83 bits per heavy atom. The van der Waals surface area contributed by atoms with E-state index in [1.54, 1.807) is 4.57 Å². The van der Waals surface area contributed by atoms with E-state index in [-0.39, 0.29) is 35.4 Å². The number of hydrogen-bond donors (Lipinski definition) is 1. The molecule has 9 heteroatoms. The van der Waals surface area contributed by atoms with Gasteiger partial charge in [0.15, 0.2) is 11.1 Å². The lowest BCUT2D eigenvalue weighted by atomic mass is 10.1. The number of aryl methyl sites for hydroxylation is 2. The van der Waals surface area contributed by atoms with E-state index < -0.39 is 5.88 Å². The molecule has 0 radical (unpaired) electrons. The molecule has 0 spiro atoms. The van der Waals surface area contributed by atoms with E-state index in [4.69, 9.17) is 8.94 Å². The third-order valence-corrected chi connectivity index (χ3v) is 6.79. The topological polar surface area (TPSA) is 120 Å². The van der Waals surface area contributed by atoms with Gasteiger partial charge in [-0.2, -0.15) is 4.98 Å². The van der Waals surface area contributed by atoms with Crippen LogP contribution in [0.3, 0.4) is 0 Å². The standard InChI is InChI=1S/C27H25N5O4/c1-2-3-12-22-28-25(33)24(27(34)32(22)20-14-13-16-8-4-5-9-17(16)20)26-30-29-23(35-26)15-19-18-10-6-7-11-21(18)36-31-19/h4-11,20,33H,2-3,12-15H2,1H3/t20-/m0/s1. The van der Waals surface area contributed by atoms with Crippen molar-refractivity contribution in [3.8, 4) is 17.3 Å². The van der Waals surface area contributed by atoms with Crippen molar-refractivity contribution < 1.29 is 14.0 Å². The molecule has 2 aromatic carbocycles. The third kappa shape index (κ3) is 3.77. The van der Waals surface area contributed by atoms with Crippen molar-refractivity contribution in [2.75, 3.05) is 0 Å². The van der Waals surface area contributed by atoms with Crippen molar-refractivity contribution in [2.45, 2.75) is 51.5 Å². The predicted octanol–water partition coefficient (Wildman–Crippen LogP) is 4.61. The van der Waals surface area contributed by atoms with Crippen LogP contribution in [0.5, 0.6) is 5.88 Å². The number of rotatable bonds is 7. The highest BCUT2D eigenvalue weighted by Gasteiger charge is 2.30. The number of para-hydroxylation sites is 1. The van der Waals surface area contributed by atoms with Gasteiger partial charge in [0.2, 0.25) is 11.8 Å². The van der Waals surface area contributed by atoms with Gasteiger partial charge in [0, 0.05) is 11.8 Å². The number of fused-ring (bicyclic) bond motifs is 2. The van der Waals surface area contributed by atoms with E-state index >= 15 is 0 Å². The molecule has 3 aromatic heterocycles. The van der Waals surface area contributed by atoms with Gasteiger partial charge in [-0.1, -0.05) is 54.9 Å². The first-order chi connectivity index (χ1) is 17.6. The van der Waals surface area contributed by atoms with Gasteiger partial charge in [-0.25, -0.2) is 0 Å². The summed E-state index contributed by atoms with van der Waals surface area (Å²) in [7, 11) is 0. The molecule has 0 amide bonds. The van der Waals surface area contributed by atoms with Crippen LogP contribution < -0.4 is 5.56 Å². The first kappa shape index (κ1) is 22.2. The molecule has 1 atom stereocenters. The summed E-state index contributed by atoms with van der Waals surface area (Å²) in [6.45, 7) is 2.08. The molecule has 0 unspecified atom stereocenters. The van der Waals surface area contributed by atoms with Gasteiger partial charge < -0.3 is 14.0 Å². The van der Waals surface area contributed by atoms with E-state index in [1.807, 2.05) is 36.4 Å². The number of benzene rings is 2. The van der Waals surface area contributed by atoms with Crippen LogP contribution in [0.25, 0.3) is 22.4 Å².